The average Bonchev–Trinajstić information content (AvgIpc) is 3.26. The van der Waals surface area contributed by atoms with Gasteiger partial charge < -0.3 is 9.64 Å². The number of nitrogens with one attached hydrogen (secondary N) is 1. The maximum Gasteiger partial charge on any atom is 0.271 e. The number of nitrogens with zero attached hydrogens (tertiary/aromatic N) is 3. The third-order valence-electron chi connectivity index (χ3n) is 5.21. The number of methoxy groups -OCH3 is 1. The lowest BCUT2D eigenvalue weighted by atomic mass is 10.1. The largest absolute Gasteiger partial charge is 0.497 e. The van der Waals surface area contributed by atoms with Crippen molar-refractivity contribution in [3.05, 3.63) is 71.7 Å². The van der Waals surface area contributed by atoms with Crippen LogP contribution in [0.5, 0.6) is 5.75 Å². The molecule has 150 valence electrons. The minimum absolute atomic E-state index is 0.0668. The Morgan fingerprint density at radius 1 is 1.10 bits per heavy atom. The summed E-state index contributed by atoms with van der Waals surface area (Å²) >= 11 is 0. The topological polar surface area (TPSA) is 61.5 Å². The summed E-state index contributed by atoms with van der Waals surface area (Å²) in [5.74, 6) is 0.520. The van der Waals surface area contributed by atoms with Crippen LogP contribution >= 0.6 is 0 Å². The molecule has 1 aliphatic heterocycles. The van der Waals surface area contributed by atoms with Gasteiger partial charge in [0.15, 0.2) is 0 Å². The summed E-state index contributed by atoms with van der Waals surface area (Å²) < 4.78 is 19.0. The van der Waals surface area contributed by atoms with Crippen LogP contribution in [0.3, 0.4) is 0 Å². The molecular weight excluding hydrogens is 371 g/mol. The summed E-state index contributed by atoms with van der Waals surface area (Å²) in [6.07, 6.45) is 0. The second kappa shape index (κ2) is 8.45. The number of aromatic amines is 1. The maximum atomic E-state index is 13.8. The van der Waals surface area contributed by atoms with Gasteiger partial charge in [0.2, 0.25) is 0 Å². The number of carbonyl (C=O) groups excluding carboxylic acids is 1. The zero-order valence-electron chi connectivity index (χ0n) is 16.3. The third kappa shape index (κ3) is 4.30. The molecule has 1 saturated heterocycles. The van der Waals surface area contributed by atoms with Crippen LogP contribution in [0.25, 0.3) is 11.3 Å². The Labute approximate surface area is 168 Å². The van der Waals surface area contributed by atoms with Crippen LogP contribution < -0.4 is 4.74 Å². The number of aromatic nitrogens is 2. The molecule has 1 aliphatic rings. The average molecular weight is 394 g/mol. The van der Waals surface area contributed by atoms with E-state index in [1.807, 2.05) is 35.2 Å². The van der Waals surface area contributed by atoms with Gasteiger partial charge in [-0.3, -0.25) is 14.8 Å². The van der Waals surface area contributed by atoms with Crippen molar-refractivity contribution < 1.29 is 13.9 Å². The molecule has 6 nitrogen and oxygen atoms in total. The highest BCUT2D eigenvalue weighted by Gasteiger charge is 2.24. The van der Waals surface area contributed by atoms with Gasteiger partial charge in [0.1, 0.15) is 17.3 Å². The van der Waals surface area contributed by atoms with E-state index in [0.29, 0.717) is 49.7 Å². The summed E-state index contributed by atoms with van der Waals surface area (Å²) in [5.41, 5.74) is 2.79. The second-order valence-electron chi connectivity index (χ2n) is 7.06. The Balaban J connectivity index is 1.36. The van der Waals surface area contributed by atoms with E-state index in [2.05, 4.69) is 15.1 Å². The standard InChI is InChI=1S/C22H23FN4O2/c1-29-18-8-6-16(7-9-18)20-14-21(25-24-20)22(28)27-12-10-26(11-13-27)15-17-4-2-3-5-19(17)23/h2-9,14H,10-13,15H2,1H3,(H,24,25). The number of ether oxygens (including phenoxy) is 1. The number of H-pyrrole nitrogens is 1. The fraction of sp³-hybridized carbons (Fsp3) is 0.273. The highest BCUT2D eigenvalue weighted by Crippen LogP contribution is 2.22. The number of carbonyl (C=O) groups is 1. The molecule has 3 aromatic rings. The predicted molar refractivity (Wildman–Crippen MR) is 108 cm³/mol. The molecule has 1 fully saturated rings. The van der Waals surface area contributed by atoms with Crippen LogP contribution in [-0.4, -0.2) is 59.2 Å². The highest BCUT2D eigenvalue weighted by atomic mass is 19.1. The van der Waals surface area contributed by atoms with Crippen LogP contribution in [0.1, 0.15) is 16.1 Å². The first-order valence-electron chi connectivity index (χ1n) is 9.59. The van der Waals surface area contributed by atoms with E-state index in [0.717, 1.165) is 11.3 Å². The van der Waals surface area contributed by atoms with Gasteiger partial charge in [-0.25, -0.2) is 4.39 Å². The van der Waals surface area contributed by atoms with E-state index in [9.17, 15) is 9.18 Å². The van der Waals surface area contributed by atoms with Gasteiger partial charge >= 0.3 is 0 Å². The number of hydrogen-bond acceptors (Lipinski definition) is 4. The molecule has 0 bridgehead atoms. The summed E-state index contributed by atoms with van der Waals surface area (Å²) in [6, 6.07) is 16.1. The Kier molecular flexibility index (Phi) is 5.57. The Bertz CT molecular complexity index is 978. The van der Waals surface area contributed by atoms with Crippen LogP contribution in [0.15, 0.2) is 54.6 Å². The summed E-state index contributed by atoms with van der Waals surface area (Å²) in [5, 5.41) is 7.13. The molecule has 0 aliphatic carbocycles. The SMILES string of the molecule is COc1ccc(-c2cc(C(=O)N3CCN(Cc4ccccc4F)CC3)[nH]n2)cc1. The fourth-order valence-electron chi connectivity index (χ4n) is 3.49. The summed E-state index contributed by atoms with van der Waals surface area (Å²) in [7, 11) is 1.62. The molecule has 2 heterocycles. The predicted octanol–water partition coefficient (Wildman–Crippen LogP) is 3.18. The molecule has 29 heavy (non-hydrogen) atoms. The van der Waals surface area contributed by atoms with E-state index < -0.39 is 0 Å². The number of benzene rings is 2. The molecule has 1 amide bonds. The molecule has 0 unspecified atom stereocenters. The zero-order chi connectivity index (χ0) is 20.2. The first kappa shape index (κ1) is 19.1. The number of piperazine rings is 1. The highest BCUT2D eigenvalue weighted by molar-refractivity contribution is 5.93. The molecule has 0 radical (unpaired) electrons. The van der Waals surface area contributed by atoms with Gasteiger partial charge in [-0.15, -0.1) is 0 Å². The van der Waals surface area contributed by atoms with Crippen molar-refractivity contribution >= 4 is 5.91 Å². The van der Waals surface area contributed by atoms with Crippen molar-refractivity contribution in [2.75, 3.05) is 33.3 Å². The molecule has 0 saturated carbocycles. The first-order chi connectivity index (χ1) is 14.1. The maximum absolute atomic E-state index is 13.8. The molecule has 7 heteroatoms. The van der Waals surface area contributed by atoms with Crippen LogP contribution in [-0.2, 0) is 6.54 Å². The summed E-state index contributed by atoms with van der Waals surface area (Å²) in [4.78, 5) is 16.8. The van der Waals surface area contributed by atoms with Crippen molar-refractivity contribution in [3.63, 3.8) is 0 Å². The lowest BCUT2D eigenvalue weighted by molar-refractivity contribution is 0.0621. The van der Waals surface area contributed by atoms with E-state index in [-0.39, 0.29) is 11.7 Å². The van der Waals surface area contributed by atoms with Crippen molar-refractivity contribution in [2.24, 2.45) is 0 Å². The minimum Gasteiger partial charge on any atom is -0.497 e. The normalized spacial score (nSPS) is 14.8. The second-order valence-corrected chi connectivity index (χ2v) is 7.06. The number of halogens is 1. The lowest BCUT2D eigenvalue weighted by Gasteiger charge is -2.34. The number of hydrogen-bond donors (Lipinski definition) is 1. The van der Waals surface area contributed by atoms with E-state index in [4.69, 9.17) is 4.74 Å². The van der Waals surface area contributed by atoms with Crippen LogP contribution in [0, 0.1) is 5.82 Å². The molecule has 1 aromatic heterocycles. The lowest BCUT2D eigenvalue weighted by Crippen LogP contribution is -2.48. The van der Waals surface area contributed by atoms with Gasteiger partial charge in [-0.2, -0.15) is 5.10 Å². The van der Waals surface area contributed by atoms with Crippen molar-refractivity contribution in [2.45, 2.75) is 6.54 Å². The first-order valence-corrected chi connectivity index (χ1v) is 9.59. The molecule has 0 spiro atoms. The number of rotatable bonds is 5. The van der Waals surface area contributed by atoms with Gasteiger partial charge in [-0.05, 0) is 36.4 Å². The van der Waals surface area contributed by atoms with E-state index in [1.54, 1.807) is 25.3 Å². The van der Waals surface area contributed by atoms with Gasteiger partial charge in [0.25, 0.3) is 5.91 Å². The monoisotopic (exact) mass is 394 g/mol. The quantitative estimate of drug-likeness (QED) is 0.722. The van der Waals surface area contributed by atoms with E-state index >= 15 is 0 Å². The Morgan fingerprint density at radius 3 is 2.52 bits per heavy atom. The van der Waals surface area contributed by atoms with Crippen molar-refractivity contribution in [1.29, 1.82) is 0 Å². The number of amides is 1. The molecule has 0 atom stereocenters. The molecule has 4 rings (SSSR count). The van der Waals surface area contributed by atoms with Crippen LogP contribution in [0.4, 0.5) is 4.39 Å². The zero-order valence-corrected chi connectivity index (χ0v) is 16.3. The van der Waals surface area contributed by atoms with Gasteiger partial charge in [0.05, 0.1) is 12.8 Å². The van der Waals surface area contributed by atoms with E-state index in [1.165, 1.54) is 6.07 Å². The third-order valence-corrected chi connectivity index (χ3v) is 5.21. The van der Waals surface area contributed by atoms with Crippen molar-refractivity contribution in [3.8, 4) is 17.0 Å². The summed E-state index contributed by atoms with van der Waals surface area (Å²) in [6.45, 7) is 3.17. The molecule has 1 N–H and O–H groups in total. The van der Waals surface area contributed by atoms with Gasteiger partial charge in [-0.1, -0.05) is 18.2 Å². The Hall–Kier alpha value is -3.19. The van der Waals surface area contributed by atoms with Crippen LogP contribution in [0.2, 0.25) is 0 Å². The molecular formula is C22H23FN4O2. The minimum atomic E-state index is -0.186. The smallest absolute Gasteiger partial charge is 0.271 e. The molecule has 2 aromatic carbocycles. The Morgan fingerprint density at radius 2 is 1.83 bits per heavy atom. The fourth-order valence-corrected chi connectivity index (χ4v) is 3.49. The van der Waals surface area contributed by atoms with Crippen molar-refractivity contribution in [1.82, 2.24) is 20.0 Å². The van der Waals surface area contributed by atoms with Gasteiger partial charge in [0, 0.05) is 43.9 Å².